The Morgan fingerprint density at radius 1 is 1.21 bits per heavy atom. The Bertz CT molecular complexity index is 790. The number of carbonyl (C=O) groups is 2. The lowest BCUT2D eigenvalue weighted by Gasteiger charge is -2.07. The molecule has 0 saturated carbocycles. The van der Waals surface area contributed by atoms with Gasteiger partial charge in [-0.15, -0.1) is 0 Å². The third-order valence-electron chi connectivity index (χ3n) is 3.10. The lowest BCUT2D eigenvalue weighted by molar-refractivity contribution is -0.384. The fourth-order valence-electron chi connectivity index (χ4n) is 1.80. The van der Waals surface area contributed by atoms with E-state index in [2.05, 4.69) is 5.32 Å². The molecule has 1 amide bonds. The van der Waals surface area contributed by atoms with Crippen molar-refractivity contribution < 1.29 is 23.6 Å². The molecule has 0 saturated heterocycles. The van der Waals surface area contributed by atoms with Crippen LogP contribution in [0.15, 0.2) is 42.5 Å². The Balaban J connectivity index is 1.89. The smallest absolute Gasteiger partial charge is 0.338 e. The Hall–Kier alpha value is -3.29. The number of nitrogens with one attached hydrogen (secondary N) is 1. The molecule has 2 aromatic carbocycles. The number of nitro groups is 1. The Morgan fingerprint density at radius 3 is 2.46 bits per heavy atom. The maximum absolute atomic E-state index is 13.4. The number of benzene rings is 2. The second kappa shape index (κ2) is 7.32. The second-order valence-corrected chi connectivity index (χ2v) is 4.89. The molecular weight excluding hydrogens is 319 g/mol. The summed E-state index contributed by atoms with van der Waals surface area (Å²) in [6.07, 6.45) is 0. The molecule has 0 heterocycles. The van der Waals surface area contributed by atoms with E-state index in [0.717, 1.165) is 18.2 Å². The largest absolute Gasteiger partial charge is 0.452 e. The minimum Gasteiger partial charge on any atom is -0.452 e. The molecule has 2 rings (SSSR count). The average Bonchev–Trinajstić information content (AvgIpc) is 2.56. The summed E-state index contributed by atoms with van der Waals surface area (Å²) in [5, 5.41) is 12.9. The Kier molecular flexibility index (Phi) is 5.20. The molecule has 0 unspecified atom stereocenters. The van der Waals surface area contributed by atoms with Gasteiger partial charge in [0.25, 0.3) is 11.6 Å². The molecule has 7 nitrogen and oxygen atoms in total. The number of hydrogen-bond donors (Lipinski definition) is 1. The molecule has 8 heteroatoms. The van der Waals surface area contributed by atoms with Crippen LogP contribution in [-0.2, 0) is 9.53 Å². The van der Waals surface area contributed by atoms with Gasteiger partial charge in [-0.25, -0.2) is 9.18 Å². The van der Waals surface area contributed by atoms with Gasteiger partial charge >= 0.3 is 5.97 Å². The van der Waals surface area contributed by atoms with Crippen LogP contribution < -0.4 is 5.32 Å². The quantitative estimate of drug-likeness (QED) is 0.516. The number of nitrogens with zero attached hydrogens (tertiary/aromatic N) is 1. The fraction of sp³-hybridized carbons (Fsp3) is 0.125. The minimum absolute atomic E-state index is 0.0785. The van der Waals surface area contributed by atoms with Gasteiger partial charge in [-0.05, 0) is 36.8 Å². The fourth-order valence-corrected chi connectivity index (χ4v) is 1.80. The van der Waals surface area contributed by atoms with Crippen LogP contribution in [0.25, 0.3) is 0 Å². The SMILES string of the molecule is Cc1ccc(NC(=O)COC(=O)c2ccc([N+](=O)[O-])cc2)cc1F. The molecule has 124 valence electrons. The summed E-state index contributed by atoms with van der Waals surface area (Å²) in [4.78, 5) is 33.4. The normalized spacial score (nSPS) is 10.1. The number of nitro benzene ring substituents is 1. The van der Waals surface area contributed by atoms with Crippen LogP contribution in [0.1, 0.15) is 15.9 Å². The minimum atomic E-state index is -0.796. The van der Waals surface area contributed by atoms with Gasteiger partial charge in [-0.3, -0.25) is 14.9 Å². The molecule has 0 radical (unpaired) electrons. The first kappa shape index (κ1) is 17.1. The number of non-ortho nitro benzene ring substituents is 1. The van der Waals surface area contributed by atoms with E-state index < -0.39 is 29.2 Å². The van der Waals surface area contributed by atoms with Crippen LogP contribution in [0.3, 0.4) is 0 Å². The molecular formula is C16H13FN2O5. The number of halogens is 1. The van der Waals surface area contributed by atoms with Crippen molar-refractivity contribution in [1.29, 1.82) is 0 Å². The zero-order chi connectivity index (χ0) is 17.7. The molecule has 0 aromatic heterocycles. The maximum Gasteiger partial charge on any atom is 0.338 e. The number of anilines is 1. The number of ether oxygens (including phenoxy) is 1. The van der Waals surface area contributed by atoms with Crippen LogP contribution in [0.4, 0.5) is 15.8 Å². The Morgan fingerprint density at radius 2 is 1.88 bits per heavy atom. The van der Waals surface area contributed by atoms with E-state index in [0.29, 0.717) is 5.56 Å². The molecule has 0 aliphatic carbocycles. The first-order chi connectivity index (χ1) is 11.4. The Labute approximate surface area is 136 Å². The van der Waals surface area contributed by atoms with Gasteiger partial charge < -0.3 is 10.1 Å². The highest BCUT2D eigenvalue weighted by atomic mass is 19.1. The van der Waals surface area contributed by atoms with Crippen LogP contribution in [0, 0.1) is 22.9 Å². The second-order valence-electron chi connectivity index (χ2n) is 4.89. The molecule has 0 fully saturated rings. The highest BCUT2D eigenvalue weighted by Gasteiger charge is 2.13. The summed E-state index contributed by atoms with van der Waals surface area (Å²) in [6, 6.07) is 8.96. The number of carbonyl (C=O) groups excluding carboxylic acids is 2. The summed E-state index contributed by atoms with van der Waals surface area (Å²) in [6.45, 7) is 1.03. The van der Waals surface area contributed by atoms with Gasteiger partial charge in [0.05, 0.1) is 10.5 Å². The van der Waals surface area contributed by atoms with Crippen molar-refractivity contribution in [3.05, 3.63) is 69.5 Å². The third kappa shape index (κ3) is 4.35. The van der Waals surface area contributed by atoms with E-state index in [-0.39, 0.29) is 16.9 Å². The zero-order valence-corrected chi connectivity index (χ0v) is 12.6. The van der Waals surface area contributed by atoms with Crippen molar-refractivity contribution in [3.8, 4) is 0 Å². The number of rotatable bonds is 5. The third-order valence-corrected chi connectivity index (χ3v) is 3.10. The van der Waals surface area contributed by atoms with Crippen LogP contribution >= 0.6 is 0 Å². The van der Waals surface area contributed by atoms with E-state index >= 15 is 0 Å². The molecule has 0 aliphatic rings. The lowest BCUT2D eigenvalue weighted by Crippen LogP contribution is -2.21. The van der Waals surface area contributed by atoms with Gasteiger partial charge in [0.15, 0.2) is 6.61 Å². The van der Waals surface area contributed by atoms with Crippen molar-refractivity contribution in [3.63, 3.8) is 0 Å². The van der Waals surface area contributed by atoms with Crippen molar-refractivity contribution in [2.24, 2.45) is 0 Å². The van der Waals surface area contributed by atoms with Gasteiger partial charge in [0, 0.05) is 17.8 Å². The first-order valence-electron chi connectivity index (χ1n) is 6.84. The van der Waals surface area contributed by atoms with Crippen LogP contribution in [-0.4, -0.2) is 23.4 Å². The zero-order valence-electron chi connectivity index (χ0n) is 12.6. The predicted octanol–water partition coefficient (Wildman–Crippen LogP) is 2.84. The van der Waals surface area contributed by atoms with Gasteiger partial charge in [0.1, 0.15) is 5.82 Å². The van der Waals surface area contributed by atoms with Gasteiger partial charge in [-0.2, -0.15) is 0 Å². The van der Waals surface area contributed by atoms with Crippen LogP contribution in [0.2, 0.25) is 0 Å². The molecule has 1 N–H and O–H groups in total. The molecule has 24 heavy (non-hydrogen) atoms. The summed E-state index contributed by atoms with van der Waals surface area (Å²) in [5.74, 6) is -1.89. The summed E-state index contributed by atoms with van der Waals surface area (Å²) >= 11 is 0. The molecule has 0 aliphatic heterocycles. The number of amides is 1. The standard InChI is InChI=1S/C16H13FN2O5/c1-10-2-5-12(8-14(10)17)18-15(20)9-24-16(21)11-3-6-13(7-4-11)19(22)23/h2-8H,9H2,1H3,(H,18,20). The first-order valence-corrected chi connectivity index (χ1v) is 6.84. The van der Waals surface area contributed by atoms with E-state index in [1.54, 1.807) is 6.92 Å². The topological polar surface area (TPSA) is 98.5 Å². The van der Waals surface area contributed by atoms with E-state index in [9.17, 15) is 24.1 Å². The van der Waals surface area contributed by atoms with Crippen molar-refractivity contribution in [2.75, 3.05) is 11.9 Å². The summed E-state index contributed by atoms with van der Waals surface area (Å²) < 4.78 is 18.2. The number of aryl methyl sites for hydroxylation is 1. The highest BCUT2D eigenvalue weighted by molar-refractivity contribution is 5.95. The van der Waals surface area contributed by atoms with Gasteiger partial charge in [-0.1, -0.05) is 6.07 Å². The summed E-state index contributed by atoms with van der Waals surface area (Å²) in [5.41, 5.74) is 0.604. The number of esters is 1. The number of hydrogen-bond acceptors (Lipinski definition) is 5. The predicted molar refractivity (Wildman–Crippen MR) is 83.1 cm³/mol. The molecule has 2 aromatic rings. The molecule has 0 atom stereocenters. The van der Waals surface area contributed by atoms with E-state index in [4.69, 9.17) is 4.74 Å². The van der Waals surface area contributed by atoms with Gasteiger partial charge in [0.2, 0.25) is 0 Å². The highest BCUT2D eigenvalue weighted by Crippen LogP contribution is 2.14. The van der Waals surface area contributed by atoms with Crippen molar-refractivity contribution in [2.45, 2.75) is 6.92 Å². The maximum atomic E-state index is 13.4. The average molecular weight is 332 g/mol. The molecule has 0 spiro atoms. The van der Waals surface area contributed by atoms with Crippen molar-refractivity contribution >= 4 is 23.3 Å². The van der Waals surface area contributed by atoms with E-state index in [1.807, 2.05) is 0 Å². The monoisotopic (exact) mass is 332 g/mol. The molecule has 0 bridgehead atoms. The van der Waals surface area contributed by atoms with E-state index in [1.165, 1.54) is 24.3 Å². The summed E-state index contributed by atoms with van der Waals surface area (Å²) in [7, 11) is 0. The van der Waals surface area contributed by atoms with Crippen molar-refractivity contribution in [1.82, 2.24) is 0 Å². The lowest BCUT2D eigenvalue weighted by atomic mass is 10.2. The van der Waals surface area contributed by atoms with Crippen LogP contribution in [0.5, 0.6) is 0 Å².